The fourth-order valence-corrected chi connectivity index (χ4v) is 3.72. The summed E-state index contributed by atoms with van der Waals surface area (Å²) in [4.78, 5) is 24.5. The lowest BCUT2D eigenvalue weighted by atomic mass is 10.1. The lowest BCUT2D eigenvalue weighted by Gasteiger charge is -2.19. The topological polar surface area (TPSA) is 83.7 Å². The Bertz CT molecular complexity index is 1210. The molecule has 2 aromatic carbocycles. The van der Waals surface area contributed by atoms with E-state index in [1.807, 2.05) is 6.07 Å². The minimum atomic E-state index is -4.83. The molecule has 0 bridgehead atoms. The van der Waals surface area contributed by atoms with Gasteiger partial charge in [-0.25, -0.2) is 9.38 Å². The summed E-state index contributed by atoms with van der Waals surface area (Å²) in [6, 6.07) is 8.35. The van der Waals surface area contributed by atoms with Gasteiger partial charge in [-0.1, -0.05) is 23.7 Å². The summed E-state index contributed by atoms with van der Waals surface area (Å²) in [6.07, 6.45) is -4.13. The third kappa shape index (κ3) is 4.42. The molecule has 11 heteroatoms. The lowest BCUT2D eigenvalue weighted by Crippen LogP contribution is -2.40. The van der Waals surface area contributed by atoms with Crippen LogP contribution in [-0.4, -0.2) is 34.6 Å². The maximum absolute atomic E-state index is 14.3. The van der Waals surface area contributed by atoms with Crippen LogP contribution in [-0.2, 0) is 28.7 Å². The van der Waals surface area contributed by atoms with Crippen molar-refractivity contribution < 1.29 is 27.2 Å². The molecule has 0 aliphatic carbocycles. The highest BCUT2D eigenvalue weighted by Crippen LogP contribution is 2.33. The minimum Gasteiger partial charge on any atom is -0.388 e. The van der Waals surface area contributed by atoms with E-state index in [0.717, 1.165) is 22.5 Å². The fraction of sp³-hybridized carbons (Fsp3) is 0.238. The van der Waals surface area contributed by atoms with E-state index in [4.69, 9.17) is 22.2 Å². The summed E-state index contributed by atoms with van der Waals surface area (Å²) in [7, 11) is 0. The number of primary amides is 1. The van der Waals surface area contributed by atoms with Crippen molar-refractivity contribution >= 4 is 34.3 Å². The summed E-state index contributed by atoms with van der Waals surface area (Å²) < 4.78 is 53.2. The van der Waals surface area contributed by atoms with Gasteiger partial charge in [-0.15, -0.1) is 5.06 Å². The zero-order chi connectivity index (χ0) is 23.0. The average molecular weight is 469 g/mol. The first-order valence-corrected chi connectivity index (χ1v) is 9.92. The van der Waals surface area contributed by atoms with Crippen molar-refractivity contribution in [1.82, 2.24) is 10.0 Å². The molecule has 1 atom stereocenters. The number of carbonyl (C=O) groups excluding carboxylic acids is 1. The van der Waals surface area contributed by atoms with Gasteiger partial charge in [0.15, 0.2) is 0 Å². The Kier molecular flexibility index (Phi) is 5.83. The molecule has 0 spiro atoms. The van der Waals surface area contributed by atoms with Crippen LogP contribution in [0.25, 0.3) is 10.9 Å². The summed E-state index contributed by atoms with van der Waals surface area (Å²) in [5.41, 5.74) is 5.56. The maximum Gasteiger partial charge on any atom is 0.419 e. The molecular formula is C21H17ClF4N4O2. The highest BCUT2D eigenvalue weighted by atomic mass is 35.5. The second kappa shape index (κ2) is 8.44. The SMILES string of the molecule is NC(=O)C1N=C(Cc2cccc(C(F)(F)F)c2F)ON1CCc1c[nH]c2ccc(Cl)cc12. The van der Waals surface area contributed by atoms with Gasteiger partial charge in [-0.3, -0.25) is 4.79 Å². The molecule has 0 saturated carbocycles. The summed E-state index contributed by atoms with van der Waals surface area (Å²) in [6.45, 7) is 0.200. The van der Waals surface area contributed by atoms with Crippen LogP contribution in [0.3, 0.4) is 0 Å². The van der Waals surface area contributed by atoms with E-state index in [-0.39, 0.29) is 24.4 Å². The number of rotatable bonds is 6. The molecule has 1 aliphatic rings. The standard InChI is InChI=1S/C21H17ClF4N4O2/c22-13-4-5-16-14(9-13)12(10-28-16)6-7-30-20(19(27)31)29-17(32-30)8-11-2-1-3-15(18(11)23)21(24,25)26/h1-5,9-10,20,28H,6-8H2,(H2,27,31). The molecule has 1 amide bonds. The highest BCUT2D eigenvalue weighted by Gasteiger charge is 2.36. The maximum atomic E-state index is 14.3. The predicted octanol–water partition coefficient (Wildman–Crippen LogP) is 4.22. The van der Waals surface area contributed by atoms with Crippen LogP contribution < -0.4 is 5.73 Å². The molecule has 168 valence electrons. The van der Waals surface area contributed by atoms with Crippen LogP contribution in [0.5, 0.6) is 0 Å². The minimum absolute atomic E-state index is 0.103. The molecule has 3 N–H and O–H groups in total. The smallest absolute Gasteiger partial charge is 0.388 e. The third-order valence-electron chi connectivity index (χ3n) is 5.07. The van der Waals surface area contributed by atoms with Crippen molar-refractivity contribution in [3.05, 3.63) is 70.1 Å². The molecule has 6 nitrogen and oxygen atoms in total. The number of halogens is 5. The van der Waals surface area contributed by atoms with Crippen molar-refractivity contribution in [2.24, 2.45) is 10.7 Å². The van der Waals surface area contributed by atoms with Gasteiger partial charge in [0.1, 0.15) is 5.82 Å². The van der Waals surface area contributed by atoms with Gasteiger partial charge >= 0.3 is 6.18 Å². The molecule has 0 saturated heterocycles. The number of benzene rings is 2. The number of nitrogens with one attached hydrogen (secondary N) is 1. The number of aromatic amines is 1. The Morgan fingerprint density at radius 1 is 1.25 bits per heavy atom. The van der Waals surface area contributed by atoms with Gasteiger partial charge in [-0.2, -0.15) is 13.2 Å². The number of fused-ring (bicyclic) bond motifs is 1. The van der Waals surface area contributed by atoms with Gasteiger partial charge in [0, 0.05) is 28.7 Å². The third-order valence-corrected chi connectivity index (χ3v) is 5.31. The van der Waals surface area contributed by atoms with Crippen LogP contribution in [0, 0.1) is 5.82 Å². The number of aromatic nitrogens is 1. The van der Waals surface area contributed by atoms with Gasteiger partial charge in [-0.05, 0) is 41.8 Å². The zero-order valence-electron chi connectivity index (χ0n) is 16.4. The molecule has 4 rings (SSSR count). The average Bonchev–Trinajstić information content (AvgIpc) is 3.30. The van der Waals surface area contributed by atoms with Crippen molar-refractivity contribution in [3.8, 4) is 0 Å². The van der Waals surface area contributed by atoms with E-state index < -0.39 is 29.6 Å². The van der Waals surface area contributed by atoms with E-state index in [1.54, 1.807) is 18.3 Å². The van der Waals surface area contributed by atoms with Crippen LogP contribution >= 0.6 is 11.6 Å². The Hall–Kier alpha value is -3.11. The quantitative estimate of drug-likeness (QED) is 0.531. The second-order valence-corrected chi connectivity index (χ2v) is 7.67. The molecule has 0 radical (unpaired) electrons. The van der Waals surface area contributed by atoms with E-state index in [0.29, 0.717) is 17.5 Å². The van der Waals surface area contributed by atoms with E-state index in [1.165, 1.54) is 11.1 Å². The number of hydroxylamine groups is 2. The van der Waals surface area contributed by atoms with Crippen LogP contribution in [0.15, 0.2) is 47.6 Å². The second-order valence-electron chi connectivity index (χ2n) is 7.24. The molecule has 1 unspecified atom stereocenters. The fourth-order valence-electron chi connectivity index (χ4n) is 3.55. The summed E-state index contributed by atoms with van der Waals surface area (Å²) in [5.74, 6) is -2.31. The van der Waals surface area contributed by atoms with Gasteiger partial charge in [0.25, 0.3) is 5.91 Å². The Morgan fingerprint density at radius 3 is 2.75 bits per heavy atom. The number of nitrogens with two attached hydrogens (primary N) is 1. The molecule has 1 aromatic heterocycles. The first-order valence-electron chi connectivity index (χ1n) is 9.54. The van der Waals surface area contributed by atoms with Crippen LogP contribution in [0.2, 0.25) is 5.02 Å². The Balaban J connectivity index is 1.49. The van der Waals surface area contributed by atoms with Gasteiger partial charge in [0.05, 0.1) is 12.0 Å². The number of nitrogens with zero attached hydrogens (tertiary/aromatic N) is 2. The molecule has 3 aromatic rings. The Morgan fingerprint density at radius 2 is 2.03 bits per heavy atom. The van der Waals surface area contributed by atoms with Crippen LogP contribution in [0.4, 0.5) is 17.6 Å². The van der Waals surface area contributed by atoms with Gasteiger partial charge < -0.3 is 15.6 Å². The number of hydrogen-bond donors (Lipinski definition) is 2. The molecule has 2 heterocycles. The van der Waals surface area contributed by atoms with Crippen molar-refractivity contribution in [2.45, 2.75) is 25.2 Å². The normalized spacial score (nSPS) is 16.9. The Labute approximate surface area is 184 Å². The van der Waals surface area contributed by atoms with Crippen molar-refractivity contribution in [3.63, 3.8) is 0 Å². The van der Waals surface area contributed by atoms with Crippen molar-refractivity contribution in [1.29, 1.82) is 0 Å². The van der Waals surface area contributed by atoms with E-state index in [9.17, 15) is 22.4 Å². The number of amides is 1. The van der Waals surface area contributed by atoms with E-state index >= 15 is 0 Å². The molecule has 0 fully saturated rings. The first kappa shape index (κ1) is 22.1. The number of hydrogen-bond acceptors (Lipinski definition) is 4. The highest BCUT2D eigenvalue weighted by molar-refractivity contribution is 6.31. The first-order chi connectivity index (χ1) is 15.1. The number of alkyl halides is 3. The largest absolute Gasteiger partial charge is 0.419 e. The number of H-pyrrole nitrogens is 1. The zero-order valence-corrected chi connectivity index (χ0v) is 17.2. The van der Waals surface area contributed by atoms with E-state index in [2.05, 4.69) is 9.98 Å². The molecular weight excluding hydrogens is 452 g/mol. The number of carbonyl (C=O) groups is 1. The predicted molar refractivity (Wildman–Crippen MR) is 110 cm³/mol. The van der Waals surface area contributed by atoms with Crippen LogP contribution in [0.1, 0.15) is 16.7 Å². The van der Waals surface area contributed by atoms with Gasteiger partial charge in [0.2, 0.25) is 12.1 Å². The molecule has 32 heavy (non-hydrogen) atoms. The molecule has 1 aliphatic heterocycles. The monoisotopic (exact) mass is 468 g/mol. The summed E-state index contributed by atoms with van der Waals surface area (Å²) in [5, 5.41) is 2.70. The lowest BCUT2D eigenvalue weighted by molar-refractivity contribution is -0.140. The van der Waals surface area contributed by atoms with Crippen molar-refractivity contribution in [2.75, 3.05) is 6.54 Å². The number of aliphatic imine (C=N–C) groups is 1. The summed E-state index contributed by atoms with van der Waals surface area (Å²) >= 11 is 6.06.